The molecule has 2 heterocycles. The van der Waals surface area contributed by atoms with Crippen LogP contribution in [0.25, 0.3) is 0 Å². The molecule has 1 unspecified atom stereocenters. The Morgan fingerprint density at radius 3 is 2.46 bits per heavy atom. The lowest BCUT2D eigenvalue weighted by Crippen LogP contribution is -2.73. The molecule has 1 N–H and O–H groups in total. The summed E-state index contributed by atoms with van der Waals surface area (Å²) < 4.78 is 30.3. The van der Waals surface area contributed by atoms with Crippen LogP contribution < -0.4 is 14.8 Å². The second kappa shape index (κ2) is 9.35. The van der Waals surface area contributed by atoms with Crippen LogP contribution in [0.15, 0.2) is 72.8 Å². The second-order valence-electron chi connectivity index (χ2n) is 12.5. The van der Waals surface area contributed by atoms with Crippen LogP contribution in [-0.2, 0) is 25.0 Å². The van der Waals surface area contributed by atoms with E-state index in [-0.39, 0.29) is 18.1 Å². The molecule has 0 radical (unpaired) electrons. The van der Waals surface area contributed by atoms with Gasteiger partial charge in [-0.1, -0.05) is 66.7 Å². The highest BCUT2D eigenvalue weighted by atomic mass is 19.1. The first kappa shape index (κ1) is 24.0. The van der Waals surface area contributed by atoms with Gasteiger partial charge in [0.15, 0.2) is 11.5 Å². The lowest BCUT2D eigenvalue weighted by Gasteiger charge is -2.61. The van der Waals surface area contributed by atoms with Crippen molar-refractivity contribution in [2.45, 2.75) is 75.0 Å². The van der Waals surface area contributed by atoms with Crippen LogP contribution in [0.4, 0.5) is 4.39 Å². The van der Waals surface area contributed by atoms with Gasteiger partial charge in [0.25, 0.3) is 0 Å². The van der Waals surface area contributed by atoms with E-state index < -0.39 is 11.6 Å². The van der Waals surface area contributed by atoms with E-state index in [2.05, 4.69) is 58.7 Å². The Bertz CT molecular complexity index is 1350. The molecule has 0 amide bonds. The van der Waals surface area contributed by atoms with Crippen molar-refractivity contribution in [1.29, 1.82) is 0 Å². The molecule has 3 aromatic carbocycles. The molecule has 39 heavy (non-hydrogen) atoms. The van der Waals surface area contributed by atoms with Crippen LogP contribution in [0.3, 0.4) is 0 Å². The van der Waals surface area contributed by atoms with E-state index in [4.69, 9.17) is 9.47 Å². The highest BCUT2D eigenvalue weighted by molar-refractivity contribution is 5.62. The van der Waals surface area contributed by atoms with Gasteiger partial charge in [-0.25, -0.2) is 4.39 Å². The maximum Gasteiger partial charge on any atom is 0.166 e. The third-order valence-corrected chi connectivity index (χ3v) is 10.2. The minimum absolute atomic E-state index is 0.0932. The zero-order valence-corrected chi connectivity index (χ0v) is 22.4. The number of alkyl halides is 1. The number of hydrogen-bond donors (Lipinski definition) is 1. The smallest absolute Gasteiger partial charge is 0.166 e. The van der Waals surface area contributed by atoms with Gasteiger partial charge < -0.3 is 14.8 Å². The summed E-state index contributed by atoms with van der Waals surface area (Å²) in [5.41, 5.74) is 4.16. The first-order valence-corrected chi connectivity index (χ1v) is 14.9. The van der Waals surface area contributed by atoms with Crippen LogP contribution in [0.5, 0.6) is 11.5 Å². The van der Waals surface area contributed by atoms with Crippen LogP contribution in [0, 0.1) is 11.8 Å². The summed E-state index contributed by atoms with van der Waals surface area (Å²) in [5, 5.41) is 3.81. The van der Waals surface area contributed by atoms with Gasteiger partial charge in [0.1, 0.15) is 18.9 Å². The van der Waals surface area contributed by atoms with Crippen molar-refractivity contribution < 1.29 is 13.9 Å². The Balaban J connectivity index is 1.17. The number of hydrogen-bond acceptors (Lipinski definition) is 4. The summed E-state index contributed by atoms with van der Waals surface area (Å²) in [7, 11) is 0. The number of likely N-dealkylation sites (tertiary alicyclic amines) is 1. The van der Waals surface area contributed by atoms with E-state index >= 15 is 4.39 Å². The Hall–Kier alpha value is -2.89. The van der Waals surface area contributed by atoms with Crippen LogP contribution >= 0.6 is 0 Å². The zero-order chi connectivity index (χ0) is 26.0. The third-order valence-electron chi connectivity index (χ3n) is 10.2. The average molecular weight is 525 g/mol. The van der Waals surface area contributed by atoms with Gasteiger partial charge in [0, 0.05) is 37.3 Å². The molecule has 5 aliphatic rings. The molecule has 1 saturated heterocycles. The van der Waals surface area contributed by atoms with Crippen molar-refractivity contribution in [3.05, 3.63) is 95.1 Å². The predicted octanol–water partition coefficient (Wildman–Crippen LogP) is 5.82. The molecule has 2 bridgehead atoms. The highest BCUT2D eigenvalue weighted by Crippen LogP contribution is 2.64. The Kier molecular flexibility index (Phi) is 5.74. The Morgan fingerprint density at radius 2 is 1.69 bits per heavy atom. The van der Waals surface area contributed by atoms with E-state index in [0.29, 0.717) is 19.2 Å². The van der Waals surface area contributed by atoms with Crippen molar-refractivity contribution in [2.24, 2.45) is 11.8 Å². The summed E-state index contributed by atoms with van der Waals surface area (Å²) in [6, 6.07) is 25.5. The van der Waals surface area contributed by atoms with Crippen LogP contribution in [0.1, 0.15) is 47.9 Å². The summed E-state index contributed by atoms with van der Waals surface area (Å²) >= 11 is 0. The van der Waals surface area contributed by atoms with Crippen molar-refractivity contribution in [3.8, 4) is 11.5 Å². The number of ether oxygens (including phenoxy) is 2. The number of nitrogens with zero attached hydrogens (tertiary/aromatic N) is 1. The van der Waals surface area contributed by atoms with E-state index in [9.17, 15) is 0 Å². The molecule has 202 valence electrons. The minimum Gasteiger partial charge on any atom is -0.485 e. The summed E-state index contributed by atoms with van der Waals surface area (Å²) in [6.07, 6.45) is 4.46. The van der Waals surface area contributed by atoms with Gasteiger partial charge in [-0.2, -0.15) is 0 Å². The Labute approximate surface area is 230 Å². The summed E-state index contributed by atoms with van der Waals surface area (Å²) in [5.74, 6) is 2.60. The molecule has 3 aliphatic carbocycles. The van der Waals surface area contributed by atoms with Crippen LogP contribution in [-0.4, -0.2) is 42.3 Å². The number of rotatable bonds is 8. The average Bonchev–Trinajstić information content (AvgIpc) is 3.72. The monoisotopic (exact) mass is 524 g/mol. The molecule has 2 aliphatic heterocycles. The van der Waals surface area contributed by atoms with Gasteiger partial charge in [-0.3, -0.25) is 4.90 Å². The fourth-order valence-electron chi connectivity index (χ4n) is 8.36. The van der Waals surface area contributed by atoms with Gasteiger partial charge in [-0.15, -0.1) is 0 Å². The summed E-state index contributed by atoms with van der Waals surface area (Å²) in [4.78, 5) is 2.52. The first-order chi connectivity index (χ1) is 19.2. The maximum atomic E-state index is 17.0. The van der Waals surface area contributed by atoms with Crippen LogP contribution in [0.2, 0.25) is 0 Å². The summed E-state index contributed by atoms with van der Waals surface area (Å²) in [6.45, 7) is 2.82. The standard InChI is InChI=1S/C34H37FN2O2/c35-30-20-37(19-23-11-12-23)28-17-25-13-16-29(38-21-24-9-5-2-6-10-24)32-31(25)34(30)26(28)14-15-27(33(34)39-32)36-18-22-7-3-1-4-8-22/h1-10,13,16,23,26-28,30,33,36H,11-12,14-15,17-21H2/t26?,27-,28-,30-,33+,34+/m1/s1. The molecule has 5 heteroatoms. The molecule has 8 rings (SSSR count). The van der Waals surface area contributed by atoms with E-state index in [0.717, 1.165) is 60.9 Å². The minimum atomic E-state index is -0.950. The van der Waals surface area contributed by atoms with Gasteiger partial charge in [0.2, 0.25) is 0 Å². The molecule has 1 spiro atoms. The van der Waals surface area contributed by atoms with Gasteiger partial charge in [0.05, 0.1) is 5.41 Å². The van der Waals surface area contributed by atoms with Crippen molar-refractivity contribution in [2.75, 3.05) is 13.1 Å². The molecular formula is C34H37FN2O2. The Morgan fingerprint density at radius 1 is 0.923 bits per heavy atom. The van der Waals surface area contributed by atoms with E-state index in [1.165, 1.54) is 24.0 Å². The fraction of sp³-hybridized carbons (Fsp3) is 0.471. The van der Waals surface area contributed by atoms with Gasteiger partial charge in [-0.05, 0) is 66.7 Å². The molecule has 6 atom stereocenters. The van der Waals surface area contributed by atoms with E-state index in [1.54, 1.807) is 0 Å². The molecule has 3 fully saturated rings. The largest absolute Gasteiger partial charge is 0.485 e. The maximum absolute atomic E-state index is 17.0. The number of piperidine rings is 1. The zero-order valence-electron chi connectivity index (χ0n) is 22.4. The second-order valence-corrected chi connectivity index (χ2v) is 12.5. The predicted molar refractivity (Wildman–Crippen MR) is 150 cm³/mol. The molecule has 4 nitrogen and oxygen atoms in total. The normalized spacial score (nSPS) is 32.4. The highest BCUT2D eigenvalue weighted by Gasteiger charge is 2.70. The van der Waals surface area contributed by atoms with Gasteiger partial charge >= 0.3 is 0 Å². The topological polar surface area (TPSA) is 33.7 Å². The fourth-order valence-corrected chi connectivity index (χ4v) is 8.36. The van der Waals surface area contributed by atoms with Crippen molar-refractivity contribution in [1.82, 2.24) is 10.2 Å². The van der Waals surface area contributed by atoms with Crippen molar-refractivity contribution in [3.63, 3.8) is 0 Å². The molecule has 3 aromatic rings. The molecule has 2 saturated carbocycles. The van der Waals surface area contributed by atoms with E-state index in [1.807, 2.05) is 24.3 Å². The molecule has 0 aromatic heterocycles. The SMILES string of the molecule is F[C@@H]1CN(CC2CC2)[C@@H]2Cc3ccc(OCc4ccccc4)c4c3[C@]13C2CC[C@@H](NCc1ccccc1)[C@@H]3O4. The lowest BCUT2D eigenvalue weighted by atomic mass is 9.50. The number of halogens is 1. The number of benzene rings is 3. The first-order valence-electron chi connectivity index (χ1n) is 14.9. The van der Waals surface area contributed by atoms with Crippen molar-refractivity contribution >= 4 is 0 Å². The third kappa shape index (κ3) is 3.84. The lowest BCUT2D eigenvalue weighted by molar-refractivity contribution is -0.110. The molecular weight excluding hydrogens is 487 g/mol. The number of nitrogens with one attached hydrogen (secondary N) is 1. The quantitative estimate of drug-likeness (QED) is 0.403.